The minimum Gasteiger partial charge on any atom is -0.467 e. The Morgan fingerprint density at radius 2 is 2.00 bits per heavy atom. The highest BCUT2D eigenvalue weighted by molar-refractivity contribution is 6.01. The SMILES string of the molecule is C[C@]1(C(=O)NC2CCCCC2)Cn2c(nc3ccccc32)C(=O)N1Cc1ccco1. The van der Waals surface area contributed by atoms with Crippen molar-refractivity contribution in [3.8, 4) is 0 Å². The number of fused-ring (bicyclic) bond motifs is 3. The van der Waals surface area contributed by atoms with E-state index in [-0.39, 0.29) is 24.4 Å². The number of carbonyl (C=O) groups is 2. The number of amides is 2. The van der Waals surface area contributed by atoms with Crippen LogP contribution in [0.2, 0.25) is 0 Å². The molecule has 0 unspecified atom stereocenters. The summed E-state index contributed by atoms with van der Waals surface area (Å²) < 4.78 is 7.39. The van der Waals surface area contributed by atoms with Gasteiger partial charge in [-0.15, -0.1) is 0 Å². The number of furan rings is 1. The average Bonchev–Trinajstić information content (AvgIpc) is 3.40. The summed E-state index contributed by atoms with van der Waals surface area (Å²) in [6, 6.07) is 11.5. The van der Waals surface area contributed by atoms with Gasteiger partial charge in [-0.3, -0.25) is 9.59 Å². The van der Waals surface area contributed by atoms with Crippen LogP contribution in [0.1, 0.15) is 55.4 Å². The zero-order valence-electron chi connectivity index (χ0n) is 17.1. The van der Waals surface area contributed by atoms with E-state index in [4.69, 9.17) is 4.42 Å². The molecular formula is C23H26N4O3. The van der Waals surface area contributed by atoms with Crippen LogP contribution in [0.3, 0.4) is 0 Å². The Bertz CT molecular complexity index is 1080. The van der Waals surface area contributed by atoms with Gasteiger partial charge in [-0.2, -0.15) is 0 Å². The van der Waals surface area contributed by atoms with Crippen LogP contribution in [-0.4, -0.2) is 37.8 Å². The molecule has 30 heavy (non-hydrogen) atoms. The van der Waals surface area contributed by atoms with Gasteiger partial charge < -0.3 is 19.2 Å². The number of hydrogen-bond acceptors (Lipinski definition) is 4. The monoisotopic (exact) mass is 406 g/mol. The third-order valence-corrected chi connectivity index (χ3v) is 6.48. The first-order valence-corrected chi connectivity index (χ1v) is 10.7. The van der Waals surface area contributed by atoms with Gasteiger partial charge in [0.2, 0.25) is 5.91 Å². The number of para-hydroxylation sites is 2. The molecule has 156 valence electrons. The third kappa shape index (κ3) is 3.09. The minimum atomic E-state index is -1.04. The van der Waals surface area contributed by atoms with Crippen molar-refractivity contribution in [1.29, 1.82) is 0 Å². The van der Waals surface area contributed by atoms with Crippen molar-refractivity contribution >= 4 is 22.8 Å². The van der Waals surface area contributed by atoms with Crippen LogP contribution in [0, 0.1) is 0 Å². The Kier molecular flexibility index (Phi) is 4.60. The summed E-state index contributed by atoms with van der Waals surface area (Å²) in [4.78, 5) is 33.3. The van der Waals surface area contributed by atoms with Gasteiger partial charge in [-0.25, -0.2) is 4.98 Å². The Morgan fingerprint density at radius 3 is 2.77 bits per heavy atom. The molecule has 1 aromatic carbocycles. The van der Waals surface area contributed by atoms with E-state index in [2.05, 4.69) is 10.3 Å². The fourth-order valence-corrected chi connectivity index (χ4v) is 4.72. The number of imidazole rings is 1. The maximum absolute atomic E-state index is 13.6. The van der Waals surface area contributed by atoms with Crippen LogP contribution >= 0.6 is 0 Å². The summed E-state index contributed by atoms with van der Waals surface area (Å²) in [5.41, 5.74) is 0.587. The molecule has 2 aliphatic rings. The molecule has 7 heteroatoms. The second kappa shape index (κ2) is 7.31. The predicted octanol–water partition coefficient (Wildman–Crippen LogP) is 3.49. The van der Waals surface area contributed by atoms with Crippen molar-refractivity contribution in [3.05, 3.63) is 54.2 Å². The summed E-state index contributed by atoms with van der Waals surface area (Å²) in [6.07, 6.45) is 7.05. The summed E-state index contributed by atoms with van der Waals surface area (Å²) in [5.74, 6) is 0.642. The van der Waals surface area contributed by atoms with Crippen molar-refractivity contribution in [2.24, 2.45) is 0 Å². The van der Waals surface area contributed by atoms with E-state index in [1.54, 1.807) is 17.2 Å². The van der Waals surface area contributed by atoms with Crippen molar-refractivity contribution in [2.45, 2.75) is 63.7 Å². The molecule has 1 fully saturated rings. The van der Waals surface area contributed by atoms with E-state index in [1.165, 1.54) is 6.42 Å². The average molecular weight is 406 g/mol. The zero-order chi connectivity index (χ0) is 20.7. The van der Waals surface area contributed by atoms with Gasteiger partial charge in [0.15, 0.2) is 5.82 Å². The number of nitrogens with zero attached hydrogens (tertiary/aromatic N) is 3. The lowest BCUT2D eigenvalue weighted by Gasteiger charge is -2.44. The molecule has 3 heterocycles. The van der Waals surface area contributed by atoms with Gasteiger partial charge in [0.05, 0.1) is 30.4 Å². The van der Waals surface area contributed by atoms with Crippen molar-refractivity contribution in [3.63, 3.8) is 0 Å². The van der Waals surface area contributed by atoms with Crippen LogP contribution < -0.4 is 5.32 Å². The maximum atomic E-state index is 13.6. The van der Waals surface area contributed by atoms with Gasteiger partial charge in [0.1, 0.15) is 11.3 Å². The highest BCUT2D eigenvalue weighted by atomic mass is 16.3. The lowest BCUT2D eigenvalue weighted by atomic mass is 9.91. The summed E-state index contributed by atoms with van der Waals surface area (Å²) >= 11 is 0. The molecule has 5 rings (SSSR count). The molecule has 0 spiro atoms. The van der Waals surface area contributed by atoms with E-state index in [0.717, 1.165) is 36.7 Å². The van der Waals surface area contributed by atoms with Gasteiger partial charge >= 0.3 is 0 Å². The van der Waals surface area contributed by atoms with Crippen molar-refractivity contribution < 1.29 is 14.0 Å². The molecule has 1 aliphatic carbocycles. The molecule has 0 bridgehead atoms. The Labute approximate surface area is 175 Å². The van der Waals surface area contributed by atoms with E-state index in [1.807, 2.05) is 41.8 Å². The summed E-state index contributed by atoms with van der Waals surface area (Å²) in [5, 5.41) is 3.23. The molecule has 2 amide bonds. The molecular weight excluding hydrogens is 380 g/mol. The second-order valence-corrected chi connectivity index (χ2v) is 8.56. The van der Waals surface area contributed by atoms with Crippen LogP contribution in [0.5, 0.6) is 0 Å². The van der Waals surface area contributed by atoms with Gasteiger partial charge in [-0.1, -0.05) is 31.4 Å². The normalized spacial score (nSPS) is 22.3. The second-order valence-electron chi connectivity index (χ2n) is 8.56. The van der Waals surface area contributed by atoms with Crippen LogP contribution in [-0.2, 0) is 17.9 Å². The fourth-order valence-electron chi connectivity index (χ4n) is 4.72. The predicted molar refractivity (Wildman–Crippen MR) is 112 cm³/mol. The quantitative estimate of drug-likeness (QED) is 0.719. The van der Waals surface area contributed by atoms with Gasteiger partial charge in [0.25, 0.3) is 5.91 Å². The van der Waals surface area contributed by atoms with E-state index in [9.17, 15) is 9.59 Å². The molecule has 0 radical (unpaired) electrons. The molecule has 2 aromatic heterocycles. The molecule has 1 aliphatic heterocycles. The molecule has 1 atom stereocenters. The Morgan fingerprint density at radius 1 is 1.20 bits per heavy atom. The summed E-state index contributed by atoms with van der Waals surface area (Å²) in [7, 11) is 0. The van der Waals surface area contributed by atoms with Crippen molar-refractivity contribution in [2.75, 3.05) is 0 Å². The third-order valence-electron chi connectivity index (χ3n) is 6.48. The lowest BCUT2D eigenvalue weighted by Crippen LogP contribution is -2.64. The molecule has 7 nitrogen and oxygen atoms in total. The lowest BCUT2D eigenvalue weighted by molar-refractivity contribution is -0.134. The molecule has 0 saturated heterocycles. The van der Waals surface area contributed by atoms with Crippen LogP contribution in [0.15, 0.2) is 47.1 Å². The van der Waals surface area contributed by atoms with E-state index in [0.29, 0.717) is 18.1 Å². The number of carbonyl (C=O) groups excluding carboxylic acids is 2. The highest BCUT2D eigenvalue weighted by Crippen LogP contribution is 2.32. The van der Waals surface area contributed by atoms with Crippen LogP contribution in [0.4, 0.5) is 0 Å². The minimum absolute atomic E-state index is 0.113. The number of rotatable bonds is 4. The number of nitrogens with one attached hydrogen (secondary N) is 1. The fraction of sp³-hybridized carbons (Fsp3) is 0.435. The number of aromatic nitrogens is 2. The highest BCUT2D eigenvalue weighted by Gasteiger charge is 2.49. The molecule has 1 N–H and O–H groups in total. The Hall–Kier alpha value is -3.09. The van der Waals surface area contributed by atoms with E-state index < -0.39 is 5.54 Å². The van der Waals surface area contributed by atoms with Crippen molar-refractivity contribution in [1.82, 2.24) is 19.8 Å². The Balaban J connectivity index is 1.54. The summed E-state index contributed by atoms with van der Waals surface area (Å²) in [6.45, 7) is 2.43. The maximum Gasteiger partial charge on any atom is 0.291 e. The molecule has 1 saturated carbocycles. The van der Waals surface area contributed by atoms with E-state index >= 15 is 0 Å². The zero-order valence-corrected chi connectivity index (χ0v) is 17.1. The number of hydrogen-bond donors (Lipinski definition) is 1. The number of benzene rings is 1. The smallest absolute Gasteiger partial charge is 0.291 e. The van der Waals surface area contributed by atoms with Crippen LogP contribution in [0.25, 0.3) is 11.0 Å². The van der Waals surface area contributed by atoms with Gasteiger partial charge in [-0.05, 0) is 44.0 Å². The van der Waals surface area contributed by atoms with Gasteiger partial charge in [0, 0.05) is 6.04 Å². The first-order chi connectivity index (χ1) is 14.6. The molecule has 3 aromatic rings. The largest absolute Gasteiger partial charge is 0.467 e. The standard InChI is InChI=1S/C23H26N4O3/c1-23(22(29)24-16-8-3-2-4-9-16)15-26-19-12-6-5-11-18(19)25-20(26)21(28)27(23)14-17-10-7-13-30-17/h5-7,10-13,16H,2-4,8-9,14-15H2,1H3,(H,24,29)/t23-/m1/s1. The first-order valence-electron chi connectivity index (χ1n) is 10.7. The topological polar surface area (TPSA) is 80.4 Å². The first kappa shape index (κ1) is 18.9.